The molecule has 2 aromatic rings. The zero-order valence-corrected chi connectivity index (χ0v) is 12.2. The van der Waals surface area contributed by atoms with E-state index in [1.54, 1.807) is 6.07 Å². The summed E-state index contributed by atoms with van der Waals surface area (Å²) in [6, 6.07) is 7.19. The van der Waals surface area contributed by atoms with Gasteiger partial charge in [-0.05, 0) is 25.6 Å². The molecule has 6 nitrogen and oxygen atoms in total. The number of hydrogen-bond donors (Lipinski definition) is 2. The molecule has 0 aliphatic rings. The van der Waals surface area contributed by atoms with Gasteiger partial charge >= 0.3 is 5.97 Å². The second kappa shape index (κ2) is 6.49. The van der Waals surface area contributed by atoms with Gasteiger partial charge in [-0.1, -0.05) is 19.1 Å². The third-order valence-electron chi connectivity index (χ3n) is 3.52. The van der Waals surface area contributed by atoms with Crippen molar-refractivity contribution in [2.45, 2.75) is 32.9 Å². The van der Waals surface area contributed by atoms with Gasteiger partial charge in [0.05, 0.1) is 17.5 Å². The topological polar surface area (TPSA) is 86.3 Å². The molecule has 0 spiro atoms. The minimum absolute atomic E-state index is 0.0410. The summed E-state index contributed by atoms with van der Waals surface area (Å²) in [5.74, 6) is -0.846. The lowest BCUT2D eigenvalue weighted by molar-refractivity contribution is -0.138. The summed E-state index contributed by atoms with van der Waals surface area (Å²) in [6.07, 6.45) is 0.0410. The van der Waals surface area contributed by atoms with Crippen LogP contribution in [0.25, 0.3) is 11.0 Å². The van der Waals surface area contributed by atoms with Crippen LogP contribution < -0.4 is 5.56 Å². The summed E-state index contributed by atoms with van der Waals surface area (Å²) in [6.45, 7) is 4.77. The molecule has 2 N–H and O–H groups in total. The molecule has 0 aliphatic heterocycles. The zero-order valence-electron chi connectivity index (χ0n) is 12.2. The van der Waals surface area contributed by atoms with Crippen LogP contribution in [0.1, 0.15) is 26.0 Å². The fraction of sp³-hybridized carbons (Fsp3) is 0.400. The van der Waals surface area contributed by atoms with Crippen LogP contribution in [0.5, 0.6) is 0 Å². The van der Waals surface area contributed by atoms with Crippen LogP contribution in [0.4, 0.5) is 0 Å². The molecule has 6 heteroatoms. The first-order valence-corrected chi connectivity index (χ1v) is 6.95. The van der Waals surface area contributed by atoms with E-state index in [-0.39, 0.29) is 18.0 Å². The van der Waals surface area contributed by atoms with Crippen LogP contribution in [-0.4, -0.2) is 38.5 Å². The van der Waals surface area contributed by atoms with Gasteiger partial charge in [-0.15, -0.1) is 0 Å². The van der Waals surface area contributed by atoms with Gasteiger partial charge in [0.25, 0.3) is 5.56 Å². The number of carbonyl (C=O) groups is 1. The second-order valence-electron chi connectivity index (χ2n) is 5.04. The number of carboxylic acid groups (broad SMARTS) is 1. The number of para-hydroxylation sites is 2. The molecule has 1 aromatic carbocycles. The molecule has 0 radical (unpaired) electrons. The summed E-state index contributed by atoms with van der Waals surface area (Å²) in [4.78, 5) is 32.0. The Balaban J connectivity index is 2.26. The van der Waals surface area contributed by atoms with Crippen LogP contribution >= 0.6 is 0 Å². The van der Waals surface area contributed by atoms with Crippen molar-refractivity contribution < 1.29 is 9.90 Å². The Kier molecular flexibility index (Phi) is 4.70. The van der Waals surface area contributed by atoms with E-state index >= 15 is 0 Å². The Labute approximate surface area is 122 Å². The van der Waals surface area contributed by atoms with E-state index in [0.717, 1.165) is 5.52 Å². The maximum atomic E-state index is 12.1. The van der Waals surface area contributed by atoms with Crippen molar-refractivity contribution in [1.82, 2.24) is 14.9 Å². The zero-order chi connectivity index (χ0) is 15.4. The number of benzene rings is 1. The highest BCUT2D eigenvalue weighted by Crippen LogP contribution is 2.10. The summed E-state index contributed by atoms with van der Waals surface area (Å²) in [7, 11) is 0. The van der Waals surface area contributed by atoms with Crippen molar-refractivity contribution in [3.8, 4) is 0 Å². The Hall–Kier alpha value is -2.21. The molecular formula is C15H19N3O3. The molecule has 0 saturated heterocycles. The van der Waals surface area contributed by atoms with Gasteiger partial charge < -0.3 is 10.1 Å². The quantitative estimate of drug-likeness (QED) is 0.843. The Morgan fingerprint density at radius 3 is 2.81 bits per heavy atom. The number of hydrogen-bond acceptors (Lipinski definition) is 4. The number of aromatic nitrogens is 2. The highest BCUT2D eigenvalue weighted by atomic mass is 16.4. The highest BCUT2D eigenvalue weighted by Gasteiger charge is 2.17. The molecule has 21 heavy (non-hydrogen) atoms. The fourth-order valence-electron chi connectivity index (χ4n) is 2.33. The number of nitrogens with zero attached hydrogens (tertiary/aromatic N) is 2. The van der Waals surface area contributed by atoms with Crippen LogP contribution in [0.3, 0.4) is 0 Å². The van der Waals surface area contributed by atoms with Gasteiger partial charge in [0.15, 0.2) is 0 Å². The molecule has 1 heterocycles. The predicted molar refractivity (Wildman–Crippen MR) is 80.2 cm³/mol. The van der Waals surface area contributed by atoms with E-state index in [1.165, 1.54) is 0 Å². The van der Waals surface area contributed by atoms with Gasteiger partial charge in [-0.25, -0.2) is 4.98 Å². The van der Waals surface area contributed by atoms with Crippen molar-refractivity contribution >= 4 is 17.0 Å². The minimum Gasteiger partial charge on any atom is -0.481 e. The number of H-pyrrole nitrogens is 1. The van der Waals surface area contributed by atoms with E-state index in [2.05, 4.69) is 9.97 Å². The monoisotopic (exact) mass is 289 g/mol. The largest absolute Gasteiger partial charge is 0.481 e. The van der Waals surface area contributed by atoms with Gasteiger partial charge in [-0.3, -0.25) is 14.5 Å². The number of nitrogens with one attached hydrogen (secondary N) is 1. The van der Waals surface area contributed by atoms with E-state index in [1.807, 2.05) is 36.9 Å². The first-order valence-electron chi connectivity index (χ1n) is 6.95. The van der Waals surface area contributed by atoms with E-state index in [0.29, 0.717) is 24.3 Å². The summed E-state index contributed by atoms with van der Waals surface area (Å²) >= 11 is 0. The lowest BCUT2D eigenvalue weighted by atomic mass is 10.2. The molecule has 0 bridgehead atoms. The first-order chi connectivity index (χ1) is 10.0. The summed E-state index contributed by atoms with van der Waals surface area (Å²) < 4.78 is 0. The average Bonchev–Trinajstić information content (AvgIpc) is 2.44. The molecule has 0 amide bonds. The summed E-state index contributed by atoms with van der Waals surface area (Å²) in [5.41, 5.74) is 1.62. The summed E-state index contributed by atoms with van der Waals surface area (Å²) in [5, 5.41) is 8.88. The number of aliphatic carboxylic acids is 1. The minimum atomic E-state index is -0.846. The molecule has 0 fully saturated rings. The van der Waals surface area contributed by atoms with Crippen molar-refractivity contribution in [2.75, 3.05) is 6.54 Å². The standard InChI is InChI=1S/C15H19N3O3/c1-3-18(10(2)8-14(19)20)9-13-15(21)17-12-7-5-4-6-11(12)16-13/h4-7,10H,3,8-9H2,1-2H3,(H,17,21)(H,19,20). The van der Waals surface area contributed by atoms with E-state index < -0.39 is 5.97 Å². The van der Waals surface area contributed by atoms with Crippen LogP contribution in [-0.2, 0) is 11.3 Å². The van der Waals surface area contributed by atoms with Crippen LogP contribution in [0, 0.1) is 0 Å². The van der Waals surface area contributed by atoms with E-state index in [9.17, 15) is 9.59 Å². The van der Waals surface area contributed by atoms with Crippen LogP contribution in [0.2, 0.25) is 0 Å². The Bertz CT molecular complexity index is 696. The second-order valence-corrected chi connectivity index (χ2v) is 5.04. The molecule has 0 aliphatic carbocycles. The smallest absolute Gasteiger partial charge is 0.304 e. The maximum Gasteiger partial charge on any atom is 0.304 e. The Morgan fingerprint density at radius 1 is 1.43 bits per heavy atom. The Morgan fingerprint density at radius 2 is 2.14 bits per heavy atom. The maximum absolute atomic E-state index is 12.1. The number of rotatable bonds is 6. The van der Waals surface area contributed by atoms with Gasteiger partial charge in [0.2, 0.25) is 0 Å². The SMILES string of the molecule is CCN(Cc1nc2ccccc2[nH]c1=O)C(C)CC(=O)O. The van der Waals surface area contributed by atoms with E-state index in [4.69, 9.17) is 5.11 Å². The molecule has 1 aromatic heterocycles. The van der Waals surface area contributed by atoms with Crippen molar-refractivity contribution in [3.63, 3.8) is 0 Å². The predicted octanol–water partition coefficient (Wildman–Crippen LogP) is 1.61. The number of aromatic amines is 1. The number of fused-ring (bicyclic) bond motifs is 1. The van der Waals surface area contributed by atoms with Crippen molar-refractivity contribution in [1.29, 1.82) is 0 Å². The van der Waals surface area contributed by atoms with Gasteiger partial charge in [-0.2, -0.15) is 0 Å². The third kappa shape index (κ3) is 3.66. The van der Waals surface area contributed by atoms with Gasteiger partial charge in [0, 0.05) is 12.6 Å². The third-order valence-corrected chi connectivity index (χ3v) is 3.52. The molecular weight excluding hydrogens is 270 g/mol. The molecule has 1 atom stereocenters. The van der Waals surface area contributed by atoms with Crippen molar-refractivity contribution in [3.05, 3.63) is 40.3 Å². The molecule has 1 unspecified atom stereocenters. The number of carboxylic acids is 1. The molecule has 2 rings (SSSR count). The van der Waals surface area contributed by atoms with Gasteiger partial charge in [0.1, 0.15) is 5.69 Å². The lowest BCUT2D eigenvalue weighted by Crippen LogP contribution is -2.36. The molecule has 0 saturated carbocycles. The normalized spacial score (nSPS) is 12.7. The average molecular weight is 289 g/mol. The first kappa shape index (κ1) is 15.2. The highest BCUT2D eigenvalue weighted by molar-refractivity contribution is 5.73. The fourth-order valence-corrected chi connectivity index (χ4v) is 2.33. The lowest BCUT2D eigenvalue weighted by Gasteiger charge is -2.25. The van der Waals surface area contributed by atoms with Crippen molar-refractivity contribution in [2.24, 2.45) is 0 Å². The van der Waals surface area contributed by atoms with Crippen LogP contribution in [0.15, 0.2) is 29.1 Å². The molecule has 112 valence electrons.